The molecule has 1 heterocycles. The zero-order valence-corrected chi connectivity index (χ0v) is 9.91. The largest absolute Gasteiger partial charge is 0.396 e. The summed E-state index contributed by atoms with van der Waals surface area (Å²) in [7, 11) is 3.98. The van der Waals surface area contributed by atoms with Crippen LogP contribution in [0.25, 0.3) is 5.69 Å². The average Bonchev–Trinajstić information content (AvgIpc) is 2.78. The number of hydrogen-bond acceptors (Lipinski definition) is 5. The van der Waals surface area contributed by atoms with Crippen molar-refractivity contribution >= 4 is 5.69 Å². The second-order valence-corrected chi connectivity index (χ2v) is 3.88. The maximum absolute atomic E-state index is 8.77. The zero-order chi connectivity index (χ0) is 12.3. The second kappa shape index (κ2) is 4.92. The molecule has 0 saturated heterocycles. The summed E-state index contributed by atoms with van der Waals surface area (Å²) >= 11 is 0. The summed E-state index contributed by atoms with van der Waals surface area (Å²) in [6, 6.07) is 7.84. The first-order valence-corrected chi connectivity index (χ1v) is 5.38. The van der Waals surface area contributed by atoms with Crippen molar-refractivity contribution in [2.24, 2.45) is 0 Å². The van der Waals surface area contributed by atoms with Crippen LogP contribution >= 0.6 is 0 Å². The van der Waals surface area contributed by atoms with Crippen molar-refractivity contribution in [3.63, 3.8) is 0 Å². The van der Waals surface area contributed by atoms with Crippen molar-refractivity contribution in [2.45, 2.75) is 6.42 Å². The fourth-order valence-electron chi connectivity index (χ4n) is 1.44. The molecule has 17 heavy (non-hydrogen) atoms. The highest BCUT2D eigenvalue weighted by Gasteiger charge is 2.04. The predicted octanol–water partition coefficient (Wildman–Crippen LogP) is 0.263. The van der Waals surface area contributed by atoms with Crippen LogP contribution in [0.5, 0.6) is 0 Å². The van der Waals surface area contributed by atoms with Crippen LogP contribution in [0.4, 0.5) is 5.69 Å². The minimum absolute atomic E-state index is 0.0330. The molecule has 0 amide bonds. The molecular formula is C11H15N5O. The molecule has 0 aliphatic heterocycles. The lowest BCUT2D eigenvalue weighted by Gasteiger charge is -2.12. The molecule has 0 fully saturated rings. The van der Waals surface area contributed by atoms with Crippen molar-refractivity contribution in [1.82, 2.24) is 20.2 Å². The lowest BCUT2D eigenvalue weighted by atomic mass is 10.3. The van der Waals surface area contributed by atoms with Gasteiger partial charge >= 0.3 is 0 Å². The second-order valence-electron chi connectivity index (χ2n) is 3.88. The molecule has 0 atom stereocenters. The molecule has 0 aliphatic rings. The third-order valence-electron chi connectivity index (χ3n) is 2.39. The van der Waals surface area contributed by atoms with Crippen LogP contribution in [-0.4, -0.2) is 46.0 Å². The van der Waals surface area contributed by atoms with Gasteiger partial charge in [-0.3, -0.25) is 0 Å². The van der Waals surface area contributed by atoms with E-state index in [0.717, 1.165) is 11.4 Å². The van der Waals surface area contributed by atoms with Gasteiger partial charge in [-0.25, -0.2) is 0 Å². The van der Waals surface area contributed by atoms with Gasteiger partial charge in [-0.1, -0.05) is 0 Å². The predicted molar refractivity (Wildman–Crippen MR) is 64.3 cm³/mol. The van der Waals surface area contributed by atoms with Crippen LogP contribution in [0.3, 0.4) is 0 Å². The van der Waals surface area contributed by atoms with Crippen molar-refractivity contribution in [2.75, 3.05) is 25.6 Å². The molecule has 2 aromatic rings. The number of tetrazole rings is 1. The lowest BCUT2D eigenvalue weighted by Crippen LogP contribution is -2.08. The molecule has 6 nitrogen and oxygen atoms in total. The molecule has 0 radical (unpaired) electrons. The molecule has 1 N–H and O–H groups in total. The van der Waals surface area contributed by atoms with Crippen molar-refractivity contribution in [1.29, 1.82) is 0 Å². The summed E-state index contributed by atoms with van der Waals surface area (Å²) in [5.41, 5.74) is 1.97. The number of aromatic nitrogens is 4. The Bertz CT molecular complexity index is 477. The zero-order valence-electron chi connectivity index (χ0n) is 9.91. The Kier molecular flexibility index (Phi) is 3.34. The van der Waals surface area contributed by atoms with E-state index in [2.05, 4.69) is 15.4 Å². The van der Waals surface area contributed by atoms with Gasteiger partial charge < -0.3 is 10.0 Å². The highest BCUT2D eigenvalue weighted by molar-refractivity contribution is 5.49. The first-order chi connectivity index (χ1) is 8.20. The molecule has 1 aromatic heterocycles. The maximum atomic E-state index is 8.77. The van der Waals surface area contributed by atoms with Crippen molar-refractivity contribution < 1.29 is 5.11 Å². The summed E-state index contributed by atoms with van der Waals surface area (Å²) < 4.78 is 0. The average molecular weight is 233 g/mol. The van der Waals surface area contributed by atoms with E-state index in [1.165, 1.54) is 4.80 Å². The standard InChI is InChI=1S/C11H15N5O/c1-15(2)9-3-5-10(6-4-9)16-13-11(7-8-17)12-14-16/h3-6,17H,7-8H2,1-2H3. The molecule has 0 spiro atoms. The van der Waals surface area contributed by atoms with E-state index >= 15 is 0 Å². The minimum atomic E-state index is 0.0330. The third kappa shape index (κ3) is 2.59. The number of rotatable bonds is 4. The van der Waals surface area contributed by atoms with Crippen molar-refractivity contribution in [3.8, 4) is 5.69 Å². The third-order valence-corrected chi connectivity index (χ3v) is 2.39. The van der Waals surface area contributed by atoms with Gasteiger partial charge in [0.15, 0.2) is 5.82 Å². The number of aliphatic hydroxyl groups excluding tert-OH is 1. The van der Waals surface area contributed by atoms with Gasteiger partial charge in [-0.2, -0.15) is 0 Å². The van der Waals surface area contributed by atoms with Crippen LogP contribution in [0.2, 0.25) is 0 Å². The van der Waals surface area contributed by atoms with Crippen LogP contribution in [0.15, 0.2) is 24.3 Å². The van der Waals surface area contributed by atoms with E-state index in [1.54, 1.807) is 0 Å². The molecule has 0 aliphatic carbocycles. The van der Waals surface area contributed by atoms with Gasteiger partial charge in [0.05, 0.1) is 12.3 Å². The number of nitrogens with zero attached hydrogens (tertiary/aromatic N) is 5. The van der Waals surface area contributed by atoms with Crippen molar-refractivity contribution in [3.05, 3.63) is 30.1 Å². The summed E-state index contributed by atoms with van der Waals surface area (Å²) in [5.74, 6) is 0.546. The Labute approximate surface area is 99.5 Å². The Morgan fingerprint density at radius 1 is 1.24 bits per heavy atom. The summed E-state index contributed by atoms with van der Waals surface area (Å²) in [6.45, 7) is 0.0330. The first-order valence-electron chi connectivity index (χ1n) is 5.38. The first kappa shape index (κ1) is 11.5. The molecule has 2 rings (SSSR count). The highest BCUT2D eigenvalue weighted by atomic mass is 16.3. The van der Waals surface area contributed by atoms with Gasteiger partial charge in [0.2, 0.25) is 0 Å². The van der Waals surface area contributed by atoms with E-state index in [0.29, 0.717) is 12.2 Å². The van der Waals surface area contributed by atoms with Gasteiger partial charge in [0.1, 0.15) is 0 Å². The van der Waals surface area contributed by atoms with Crippen LogP contribution in [-0.2, 0) is 6.42 Å². The number of aliphatic hydroxyl groups is 1. The van der Waals surface area contributed by atoms with E-state index in [-0.39, 0.29) is 6.61 Å². The number of benzene rings is 1. The quantitative estimate of drug-likeness (QED) is 0.820. The normalized spacial score (nSPS) is 10.5. The topological polar surface area (TPSA) is 67.1 Å². The maximum Gasteiger partial charge on any atom is 0.177 e. The lowest BCUT2D eigenvalue weighted by molar-refractivity contribution is 0.296. The van der Waals surface area contributed by atoms with E-state index < -0.39 is 0 Å². The number of hydrogen-bond donors (Lipinski definition) is 1. The van der Waals surface area contributed by atoms with Crippen LogP contribution in [0.1, 0.15) is 5.82 Å². The van der Waals surface area contributed by atoms with E-state index in [1.807, 2.05) is 43.3 Å². The fraction of sp³-hybridized carbons (Fsp3) is 0.364. The van der Waals surface area contributed by atoms with Gasteiger partial charge in [-0.05, 0) is 29.5 Å². The van der Waals surface area contributed by atoms with Gasteiger partial charge in [0.25, 0.3) is 0 Å². The Hall–Kier alpha value is -1.95. The molecular weight excluding hydrogens is 218 g/mol. The Morgan fingerprint density at radius 3 is 2.53 bits per heavy atom. The van der Waals surface area contributed by atoms with Crippen LogP contribution in [0, 0.1) is 0 Å². The van der Waals surface area contributed by atoms with Gasteiger partial charge in [0, 0.05) is 26.2 Å². The molecule has 0 bridgehead atoms. The molecule has 90 valence electrons. The highest BCUT2D eigenvalue weighted by Crippen LogP contribution is 2.13. The molecule has 6 heteroatoms. The summed E-state index contributed by atoms with van der Waals surface area (Å²) in [6.07, 6.45) is 0.426. The SMILES string of the molecule is CN(C)c1ccc(-n2nnc(CCO)n2)cc1. The van der Waals surface area contributed by atoms with Gasteiger partial charge in [-0.15, -0.1) is 15.0 Å². The summed E-state index contributed by atoms with van der Waals surface area (Å²) in [4.78, 5) is 3.49. The minimum Gasteiger partial charge on any atom is -0.396 e. The molecule has 0 unspecified atom stereocenters. The van der Waals surface area contributed by atoms with E-state index in [4.69, 9.17) is 5.11 Å². The monoisotopic (exact) mass is 233 g/mol. The van der Waals surface area contributed by atoms with Crippen LogP contribution < -0.4 is 4.90 Å². The Balaban J connectivity index is 2.21. The Morgan fingerprint density at radius 2 is 1.94 bits per heavy atom. The fourth-order valence-corrected chi connectivity index (χ4v) is 1.44. The number of anilines is 1. The smallest absolute Gasteiger partial charge is 0.177 e. The molecule has 1 aromatic carbocycles. The van der Waals surface area contributed by atoms with E-state index in [9.17, 15) is 0 Å². The molecule has 0 saturated carbocycles. The summed E-state index contributed by atoms with van der Waals surface area (Å²) in [5, 5.41) is 20.7.